The number of rotatable bonds is 5. The van der Waals surface area contributed by atoms with Gasteiger partial charge in [0.2, 0.25) is 11.8 Å². The highest BCUT2D eigenvalue weighted by Crippen LogP contribution is 2.19. The first kappa shape index (κ1) is 13.5. The monoisotopic (exact) mass is 260 g/mol. The fourth-order valence-electron chi connectivity index (χ4n) is 1.71. The summed E-state index contributed by atoms with van der Waals surface area (Å²) in [5, 5.41) is 7.57. The van der Waals surface area contributed by atoms with Crippen molar-refractivity contribution in [3.8, 4) is 11.8 Å². The molecule has 0 unspecified atom stereocenters. The number of aryl methyl sites for hydroxylation is 2. The molecule has 0 aromatic carbocycles. The van der Waals surface area contributed by atoms with E-state index in [9.17, 15) is 0 Å². The van der Waals surface area contributed by atoms with E-state index in [2.05, 4.69) is 29.2 Å². The molecule has 0 saturated carbocycles. The molecule has 0 aliphatic heterocycles. The van der Waals surface area contributed by atoms with Gasteiger partial charge in [-0.15, -0.1) is 0 Å². The third kappa shape index (κ3) is 3.79. The molecule has 0 aliphatic rings. The van der Waals surface area contributed by atoms with E-state index < -0.39 is 0 Å². The predicted molar refractivity (Wildman–Crippen MR) is 74.2 cm³/mol. The largest absolute Gasteiger partial charge is 0.421 e. The van der Waals surface area contributed by atoms with Gasteiger partial charge in [-0.2, -0.15) is 5.10 Å². The van der Waals surface area contributed by atoms with Crippen LogP contribution in [0.15, 0.2) is 24.3 Å². The fourth-order valence-corrected chi connectivity index (χ4v) is 1.71. The van der Waals surface area contributed by atoms with Crippen LogP contribution in [0.25, 0.3) is 0 Å². The quantitative estimate of drug-likeness (QED) is 0.897. The van der Waals surface area contributed by atoms with Crippen LogP contribution in [-0.2, 0) is 13.6 Å². The van der Waals surface area contributed by atoms with Gasteiger partial charge < -0.3 is 10.1 Å². The molecule has 0 radical (unpaired) electrons. The molecule has 0 amide bonds. The molecule has 2 aromatic heterocycles. The fraction of sp³-hybridized carbons (Fsp3) is 0.429. The van der Waals surface area contributed by atoms with Crippen molar-refractivity contribution in [2.24, 2.45) is 7.05 Å². The van der Waals surface area contributed by atoms with Gasteiger partial charge in [0.25, 0.3) is 0 Å². The summed E-state index contributed by atoms with van der Waals surface area (Å²) in [5.74, 6) is 1.28. The van der Waals surface area contributed by atoms with Gasteiger partial charge in [-0.1, -0.05) is 19.9 Å². The van der Waals surface area contributed by atoms with Crippen LogP contribution in [-0.4, -0.2) is 20.8 Å². The summed E-state index contributed by atoms with van der Waals surface area (Å²) < 4.78 is 7.44. The van der Waals surface area contributed by atoms with Gasteiger partial charge in [-0.25, -0.2) is 9.67 Å². The van der Waals surface area contributed by atoms with E-state index in [-0.39, 0.29) is 0 Å². The zero-order valence-corrected chi connectivity index (χ0v) is 11.8. The summed E-state index contributed by atoms with van der Waals surface area (Å²) in [4.78, 5) is 4.46. The SMILES string of the molecule is Cc1cc(Oc2cccc(CNC(C)C)n2)n(C)n1. The Bertz CT molecular complexity index is 548. The maximum Gasteiger partial charge on any atom is 0.221 e. The highest BCUT2D eigenvalue weighted by atomic mass is 16.5. The van der Waals surface area contributed by atoms with Gasteiger partial charge in [0.1, 0.15) is 0 Å². The van der Waals surface area contributed by atoms with Crippen molar-refractivity contribution in [3.05, 3.63) is 35.7 Å². The molecule has 2 rings (SSSR count). The number of hydrogen-bond donors (Lipinski definition) is 1. The third-order valence-electron chi connectivity index (χ3n) is 2.64. The summed E-state index contributed by atoms with van der Waals surface area (Å²) in [6, 6.07) is 8.10. The lowest BCUT2D eigenvalue weighted by Crippen LogP contribution is -2.22. The number of nitrogens with one attached hydrogen (secondary N) is 1. The minimum absolute atomic E-state index is 0.436. The average molecular weight is 260 g/mol. The lowest BCUT2D eigenvalue weighted by atomic mass is 10.3. The summed E-state index contributed by atoms with van der Waals surface area (Å²) >= 11 is 0. The van der Waals surface area contributed by atoms with Crippen LogP contribution in [0.3, 0.4) is 0 Å². The molecule has 1 N–H and O–H groups in total. The molecular formula is C14H20N4O. The summed E-state index contributed by atoms with van der Waals surface area (Å²) in [6.45, 7) is 6.89. The maximum atomic E-state index is 5.74. The molecule has 0 fully saturated rings. The second-order valence-electron chi connectivity index (χ2n) is 4.85. The molecule has 0 atom stereocenters. The van der Waals surface area contributed by atoms with E-state index in [0.29, 0.717) is 17.8 Å². The second-order valence-corrected chi connectivity index (χ2v) is 4.85. The van der Waals surface area contributed by atoms with Crippen molar-refractivity contribution >= 4 is 0 Å². The van der Waals surface area contributed by atoms with Crippen LogP contribution in [0.5, 0.6) is 11.8 Å². The Morgan fingerprint density at radius 1 is 1.37 bits per heavy atom. The van der Waals surface area contributed by atoms with E-state index in [1.165, 1.54) is 0 Å². The average Bonchev–Trinajstić information content (AvgIpc) is 2.66. The second kappa shape index (κ2) is 5.84. The van der Waals surface area contributed by atoms with E-state index >= 15 is 0 Å². The Kier molecular flexibility index (Phi) is 4.16. The minimum Gasteiger partial charge on any atom is -0.421 e. The van der Waals surface area contributed by atoms with Gasteiger partial charge >= 0.3 is 0 Å². The Morgan fingerprint density at radius 2 is 2.16 bits per heavy atom. The van der Waals surface area contributed by atoms with Gasteiger partial charge in [0.05, 0.1) is 11.4 Å². The Morgan fingerprint density at radius 3 is 2.79 bits per heavy atom. The van der Waals surface area contributed by atoms with Crippen LogP contribution in [0, 0.1) is 6.92 Å². The molecule has 102 valence electrons. The standard InChI is InChI=1S/C14H20N4O/c1-10(2)15-9-12-6-5-7-13(16-12)19-14-8-11(3)17-18(14)4/h5-8,10,15H,9H2,1-4H3. The number of ether oxygens (including phenoxy) is 1. The summed E-state index contributed by atoms with van der Waals surface area (Å²) in [6.07, 6.45) is 0. The van der Waals surface area contributed by atoms with Crippen LogP contribution >= 0.6 is 0 Å². The van der Waals surface area contributed by atoms with Crippen molar-refractivity contribution < 1.29 is 4.74 Å². The molecule has 5 heteroatoms. The number of pyridine rings is 1. The first-order valence-electron chi connectivity index (χ1n) is 6.42. The molecule has 0 saturated heterocycles. The Hall–Kier alpha value is -1.88. The van der Waals surface area contributed by atoms with E-state index in [1.54, 1.807) is 4.68 Å². The summed E-state index contributed by atoms with van der Waals surface area (Å²) in [7, 11) is 1.85. The molecule has 0 bridgehead atoms. The van der Waals surface area contributed by atoms with Gasteiger partial charge in [0.15, 0.2) is 0 Å². The topological polar surface area (TPSA) is 52.0 Å². The van der Waals surface area contributed by atoms with Crippen LogP contribution in [0.1, 0.15) is 25.2 Å². The highest BCUT2D eigenvalue weighted by molar-refractivity contribution is 5.23. The van der Waals surface area contributed by atoms with E-state index in [0.717, 1.165) is 17.9 Å². The number of nitrogens with zero attached hydrogens (tertiary/aromatic N) is 3. The maximum absolute atomic E-state index is 5.74. The summed E-state index contributed by atoms with van der Waals surface area (Å²) in [5.41, 5.74) is 1.89. The first-order valence-corrected chi connectivity index (χ1v) is 6.42. The lowest BCUT2D eigenvalue weighted by molar-refractivity contribution is 0.413. The van der Waals surface area contributed by atoms with Crippen molar-refractivity contribution in [3.63, 3.8) is 0 Å². The first-order chi connectivity index (χ1) is 9.04. The number of aromatic nitrogens is 3. The van der Waals surface area contributed by atoms with Gasteiger partial charge in [0, 0.05) is 31.8 Å². The number of hydrogen-bond acceptors (Lipinski definition) is 4. The predicted octanol–water partition coefficient (Wildman–Crippen LogP) is 2.41. The van der Waals surface area contributed by atoms with Crippen molar-refractivity contribution in [2.75, 3.05) is 0 Å². The van der Waals surface area contributed by atoms with E-state index in [4.69, 9.17) is 4.74 Å². The third-order valence-corrected chi connectivity index (χ3v) is 2.64. The molecule has 2 heterocycles. The molecule has 2 aromatic rings. The Labute approximate surface area is 113 Å². The van der Waals surface area contributed by atoms with Gasteiger partial charge in [-0.3, -0.25) is 0 Å². The van der Waals surface area contributed by atoms with Crippen molar-refractivity contribution in [1.29, 1.82) is 0 Å². The van der Waals surface area contributed by atoms with E-state index in [1.807, 2.05) is 38.2 Å². The lowest BCUT2D eigenvalue weighted by Gasteiger charge is -2.09. The Balaban J connectivity index is 2.08. The smallest absolute Gasteiger partial charge is 0.221 e. The molecule has 19 heavy (non-hydrogen) atoms. The minimum atomic E-state index is 0.436. The van der Waals surface area contributed by atoms with Gasteiger partial charge in [-0.05, 0) is 13.0 Å². The van der Waals surface area contributed by atoms with Crippen LogP contribution < -0.4 is 10.1 Å². The molecule has 0 aliphatic carbocycles. The van der Waals surface area contributed by atoms with Crippen molar-refractivity contribution in [1.82, 2.24) is 20.1 Å². The molecule has 0 spiro atoms. The zero-order chi connectivity index (χ0) is 13.8. The van der Waals surface area contributed by atoms with Crippen molar-refractivity contribution in [2.45, 2.75) is 33.4 Å². The molecule has 5 nitrogen and oxygen atoms in total. The van der Waals surface area contributed by atoms with Crippen LogP contribution in [0.2, 0.25) is 0 Å². The van der Waals surface area contributed by atoms with Crippen LogP contribution in [0.4, 0.5) is 0 Å². The highest BCUT2D eigenvalue weighted by Gasteiger charge is 2.06. The normalized spacial score (nSPS) is 11.0. The zero-order valence-electron chi connectivity index (χ0n) is 11.8. The molecular weight excluding hydrogens is 240 g/mol.